The molecule has 1 amide bonds. The van der Waals surface area contributed by atoms with Gasteiger partial charge in [0.1, 0.15) is 0 Å². The van der Waals surface area contributed by atoms with Gasteiger partial charge in [-0.15, -0.1) is 0 Å². The van der Waals surface area contributed by atoms with Crippen molar-refractivity contribution >= 4 is 17.5 Å². The quantitative estimate of drug-likeness (QED) is 0.856. The largest absolute Gasteiger partial charge is 0.390 e. The molecule has 0 bridgehead atoms. The molecule has 0 aliphatic carbocycles. The third kappa shape index (κ3) is 3.39. The first-order valence-electron chi connectivity index (χ1n) is 8.23. The molecule has 126 valence electrons. The van der Waals surface area contributed by atoms with Gasteiger partial charge in [-0.2, -0.15) is 0 Å². The number of likely N-dealkylation sites (tertiary alicyclic amines) is 1. The molecule has 4 nitrogen and oxygen atoms in total. The number of hydrogen-bond donors (Lipinski definition) is 1. The number of aryl methyl sites for hydroxylation is 1. The van der Waals surface area contributed by atoms with Crippen molar-refractivity contribution in [2.24, 2.45) is 0 Å². The van der Waals surface area contributed by atoms with Crippen LogP contribution in [0.2, 0.25) is 5.02 Å². The number of hydrogen-bond acceptors (Lipinski definition) is 3. The van der Waals surface area contributed by atoms with E-state index < -0.39 is 5.60 Å². The number of halogens is 1. The van der Waals surface area contributed by atoms with E-state index in [1.54, 1.807) is 6.07 Å². The zero-order valence-electron chi connectivity index (χ0n) is 13.8. The second-order valence-electron chi connectivity index (χ2n) is 7.18. The number of rotatable bonds is 1. The van der Waals surface area contributed by atoms with Crippen molar-refractivity contribution in [3.05, 3.63) is 34.3 Å². The van der Waals surface area contributed by atoms with Crippen LogP contribution in [0.4, 0.5) is 0 Å². The summed E-state index contributed by atoms with van der Waals surface area (Å²) in [7, 11) is 0. The highest BCUT2D eigenvalue weighted by Gasteiger charge is 2.45. The lowest BCUT2D eigenvalue weighted by molar-refractivity contribution is -0.170. The number of carbonyl (C=O) groups excluding carboxylic acids is 1. The topological polar surface area (TPSA) is 49.8 Å². The number of piperidine rings is 1. The first kappa shape index (κ1) is 16.7. The highest BCUT2D eigenvalue weighted by Crippen LogP contribution is 2.39. The second kappa shape index (κ2) is 6.08. The van der Waals surface area contributed by atoms with Crippen LogP contribution >= 0.6 is 11.6 Å². The Hall–Kier alpha value is -1.10. The highest BCUT2D eigenvalue weighted by atomic mass is 35.5. The van der Waals surface area contributed by atoms with Crippen molar-refractivity contribution < 1.29 is 14.6 Å². The SMILES string of the molecule is Cc1cccc(Cl)c1C(=O)N1CCC2(CC1)CC(C)(O)CCO2. The van der Waals surface area contributed by atoms with Gasteiger partial charge in [-0.1, -0.05) is 23.7 Å². The zero-order chi connectivity index (χ0) is 16.7. The van der Waals surface area contributed by atoms with Crippen LogP contribution in [0.5, 0.6) is 0 Å². The van der Waals surface area contributed by atoms with Crippen LogP contribution < -0.4 is 0 Å². The summed E-state index contributed by atoms with van der Waals surface area (Å²) in [5.74, 6) is -0.00878. The lowest BCUT2D eigenvalue weighted by Crippen LogP contribution is -2.54. The van der Waals surface area contributed by atoms with Crippen molar-refractivity contribution in [3.63, 3.8) is 0 Å². The average Bonchev–Trinajstić information content (AvgIpc) is 2.46. The number of carbonyl (C=O) groups is 1. The van der Waals surface area contributed by atoms with Crippen molar-refractivity contribution in [1.82, 2.24) is 4.90 Å². The summed E-state index contributed by atoms with van der Waals surface area (Å²) >= 11 is 6.22. The van der Waals surface area contributed by atoms with Crippen molar-refractivity contribution in [1.29, 1.82) is 0 Å². The molecule has 0 saturated carbocycles. The molecule has 1 spiro atoms. The molecule has 1 unspecified atom stereocenters. The van der Waals surface area contributed by atoms with Crippen molar-refractivity contribution in [2.75, 3.05) is 19.7 Å². The standard InChI is InChI=1S/C18H24ClNO3/c1-13-4-3-5-14(19)15(13)16(21)20-9-6-18(7-10-20)12-17(2,22)8-11-23-18/h3-5,22H,6-12H2,1-2H3. The lowest BCUT2D eigenvalue weighted by Gasteiger charge is -2.48. The van der Waals surface area contributed by atoms with Crippen LogP contribution in [0.15, 0.2) is 18.2 Å². The van der Waals surface area contributed by atoms with Gasteiger partial charge in [-0.3, -0.25) is 4.79 Å². The normalized spacial score (nSPS) is 27.2. The minimum Gasteiger partial charge on any atom is -0.390 e. The van der Waals surface area contributed by atoms with Gasteiger partial charge in [0.05, 0.1) is 28.4 Å². The predicted octanol–water partition coefficient (Wildman–Crippen LogP) is 3.18. The Morgan fingerprint density at radius 2 is 2.00 bits per heavy atom. The van der Waals surface area contributed by atoms with E-state index in [1.807, 2.05) is 30.9 Å². The molecular formula is C18H24ClNO3. The molecule has 23 heavy (non-hydrogen) atoms. The molecule has 1 atom stereocenters. The van der Waals surface area contributed by atoms with Gasteiger partial charge in [-0.25, -0.2) is 0 Å². The third-order valence-corrected chi connectivity index (χ3v) is 5.46. The molecule has 2 saturated heterocycles. The summed E-state index contributed by atoms with van der Waals surface area (Å²) in [6.07, 6.45) is 2.85. The van der Waals surface area contributed by atoms with Crippen LogP contribution in [0, 0.1) is 6.92 Å². The van der Waals surface area contributed by atoms with Gasteiger partial charge < -0.3 is 14.7 Å². The Morgan fingerprint density at radius 3 is 2.61 bits per heavy atom. The summed E-state index contributed by atoms with van der Waals surface area (Å²) < 4.78 is 6.00. The first-order chi connectivity index (χ1) is 10.8. The number of benzene rings is 1. The fourth-order valence-corrected chi connectivity index (χ4v) is 4.12. The second-order valence-corrected chi connectivity index (χ2v) is 7.59. The molecule has 0 radical (unpaired) electrons. The Morgan fingerprint density at radius 1 is 1.30 bits per heavy atom. The molecule has 5 heteroatoms. The van der Waals surface area contributed by atoms with E-state index in [4.69, 9.17) is 16.3 Å². The summed E-state index contributed by atoms with van der Waals surface area (Å²) in [6.45, 7) is 5.65. The fraction of sp³-hybridized carbons (Fsp3) is 0.611. The summed E-state index contributed by atoms with van der Waals surface area (Å²) in [6, 6.07) is 5.53. The Kier molecular flexibility index (Phi) is 4.43. The van der Waals surface area contributed by atoms with Crippen molar-refractivity contribution in [3.8, 4) is 0 Å². The van der Waals surface area contributed by atoms with Gasteiger partial charge in [-0.05, 0) is 44.7 Å². The van der Waals surface area contributed by atoms with Crippen LogP contribution in [-0.2, 0) is 4.74 Å². The average molecular weight is 338 g/mol. The van der Waals surface area contributed by atoms with Gasteiger partial charge in [0.2, 0.25) is 0 Å². The van der Waals surface area contributed by atoms with E-state index >= 15 is 0 Å². The van der Waals surface area contributed by atoms with Gasteiger partial charge in [0, 0.05) is 19.5 Å². The van der Waals surface area contributed by atoms with E-state index in [0.29, 0.717) is 43.1 Å². The molecule has 0 aromatic heterocycles. The van der Waals surface area contributed by atoms with E-state index in [1.165, 1.54) is 0 Å². The molecular weight excluding hydrogens is 314 g/mol. The van der Waals surface area contributed by atoms with E-state index in [-0.39, 0.29) is 11.5 Å². The number of aliphatic hydroxyl groups is 1. The summed E-state index contributed by atoms with van der Waals surface area (Å²) in [5, 5.41) is 10.8. The van der Waals surface area contributed by atoms with Gasteiger partial charge in [0.25, 0.3) is 5.91 Å². The zero-order valence-corrected chi connectivity index (χ0v) is 14.5. The van der Waals surface area contributed by atoms with Crippen LogP contribution in [-0.4, -0.2) is 46.8 Å². The van der Waals surface area contributed by atoms with E-state index in [2.05, 4.69) is 0 Å². The van der Waals surface area contributed by atoms with Crippen LogP contribution in [0.25, 0.3) is 0 Å². The number of nitrogens with zero attached hydrogens (tertiary/aromatic N) is 1. The van der Waals surface area contributed by atoms with E-state index in [0.717, 1.165) is 18.4 Å². The Bertz CT molecular complexity index is 586. The Labute approximate surface area is 142 Å². The monoisotopic (exact) mass is 337 g/mol. The molecule has 2 heterocycles. The first-order valence-corrected chi connectivity index (χ1v) is 8.61. The minimum absolute atomic E-state index is 0.00878. The van der Waals surface area contributed by atoms with Crippen LogP contribution in [0.1, 0.15) is 48.5 Å². The maximum absolute atomic E-state index is 12.8. The molecule has 1 aromatic carbocycles. The fourth-order valence-electron chi connectivity index (χ4n) is 3.82. The van der Waals surface area contributed by atoms with Crippen LogP contribution in [0.3, 0.4) is 0 Å². The van der Waals surface area contributed by atoms with Gasteiger partial charge >= 0.3 is 0 Å². The highest BCUT2D eigenvalue weighted by molar-refractivity contribution is 6.34. The number of ether oxygens (including phenoxy) is 1. The van der Waals surface area contributed by atoms with Crippen molar-refractivity contribution in [2.45, 2.75) is 50.7 Å². The molecule has 1 N–H and O–H groups in total. The lowest BCUT2D eigenvalue weighted by atomic mass is 9.78. The maximum atomic E-state index is 12.8. The minimum atomic E-state index is -0.663. The van der Waals surface area contributed by atoms with E-state index in [9.17, 15) is 9.90 Å². The molecule has 2 aliphatic heterocycles. The maximum Gasteiger partial charge on any atom is 0.255 e. The summed E-state index contributed by atoms with van der Waals surface area (Å²) in [5.41, 5.74) is 0.555. The number of amides is 1. The third-order valence-electron chi connectivity index (χ3n) is 5.15. The predicted molar refractivity (Wildman–Crippen MR) is 89.9 cm³/mol. The molecule has 2 fully saturated rings. The smallest absolute Gasteiger partial charge is 0.255 e. The molecule has 2 aliphatic rings. The van der Waals surface area contributed by atoms with Gasteiger partial charge in [0.15, 0.2) is 0 Å². The Balaban J connectivity index is 1.71. The molecule has 3 rings (SSSR count). The summed E-state index contributed by atoms with van der Waals surface area (Å²) in [4.78, 5) is 14.6. The molecule has 1 aromatic rings.